The molecule has 0 radical (unpaired) electrons. The molecule has 27 heavy (non-hydrogen) atoms. The van der Waals surface area contributed by atoms with Crippen LogP contribution in [0.2, 0.25) is 0 Å². The van der Waals surface area contributed by atoms with Crippen molar-refractivity contribution in [1.82, 2.24) is 14.7 Å². The third-order valence-electron chi connectivity index (χ3n) is 5.59. The van der Waals surface area contributed by atoms with Gasteiger partial charge in [0.25, 0.3) is 6.41 Å². The van der Waals surface area contributed by atoms with Crippen LogP contribution in [0, 0.1) is 4.91 Å². The van der Waals surface area contributed by atoms with Crippen molar-refractivity contribution in [1.29, 1.82) is 0 Å². The summed E-state index contributed by atoms with van der Waals surface area (Å²) in [5.74, 6) is 0.707. The summed E-state index contributed by atoms with van der Waals surface area (Å²) < 4.78 is 2.17. The van der Waals surface area contributed by atoms with Crippen molar-refractivity contribution in [2.75, 3.05) is 19.6 Å². The summed E-state index contributed by atoms with van der Waals surface area (Å²) in [6.07, 6.45) is 11.4. The van der Waals surface area contributed by atoms with Crippen molar-refractivity contribution < 1.29 is 4.79 Å². The van der Waals surface area contributed by atoms with Gasteiger partial charge in [-0.1, -0.05) is 24.6 Å². The second-order valence-corrected chi connectivity index (χ2v) is 7.28. The van der Waals surface area contributed by atoms with E-state index in [-0.39, 0.29) is 6.41 Å². The lowest BCUT2D eigenvalue weighted by atomic mass is 9.84. The number of hydrogen-bond acceptors (Lipinski definition) is 4. The average Bonchev–Trinajstić information content (AvgIpc) is 3.18. The van der Waals surface area contributed by atoms with E-state index in [1.54, 1.807) is 5.18 Å². The molecule has 1 aliphatic heterocycles. The Labute approximate surface area is 160 Å². The van der Waals surface area contributed by atoms with Gasteiger partial charge in [-0.05, 0) is 81.8 Å². The molecule has 0 N–H and O–H groups in total. The maximum Gasteiger partial charge on any atom is 0.274 e. The number of nitrogens with zero attached hydrogens (tertiary/aromatic N) is 4. The molecule has 6 nitrogen and oxygen atoms in total. The number of para-hydroxylation sites is 1. The number of piperidine rings is 1. The van der Waals surface area contributed by atoms with Gasteiger partial charge >= 0.3 is 0 Å². The van der Waals surface area contributed by atoms with Gasteiger partial charge in [0, 0.05) is 10.9 Å². The van der Waals surface area contributed by atoms with Crippen molar-refractivity contribution in [3.63, 3.8) is 0 Å². The van der Waals surface area contributed by atoms with E-state index in [0.717, 1.165) is 0 Å². The van der Waals surface area contributed by atoms with Gasteiger partial charge < -0.3 is 4.90 Å². The fourth-order valence-electron chi connectivity index (χ4n) is 4.26. The fraction of sp³-hybridized carbons (Fsp3) is 0.524. The maximum absolute atomic E-state index is 8.69. The highest BCUT2D eigenvalue weighted by Crippen LogP contribution is 2.35. The van der Waals surface area contributed by atoms with Gasteiger partial charge in [-0.2, -0.15) is 5.10 Å². The minimum absolute atomic E-state index is 0.0556. The molecule has 2 heterocycles. The molecular formula is C21H28N4O2. The number of fused-ring (bicyclic) bond motifs is 1. The van der Waals surface area contributed by atoms with Crippen LogP contribution in [-0.4, -0.2) is 40.7 Å². The first-order chi connectivity index (χ1) is 13.3. The third-order valence-corrected chi connectivity index (χ3v) is 5.59. The van der Waals surface area contributed by atoms with Gasteiger partial charge in [-0.25, -0.2) is 4.68 Å². The van der Waals surface area contributed by atoms with Crippen LogP contribution in [0.15, 0.2) is 41.7 Å². The van der Waals surface area contributed by atoms with Gasteiger partial charge in [0.1, 0.15) is 0 Å². The lowest BCUT2D eigenvalue weighted by Gasteiger charge is -2.29. The summed E-state index contributed by atoms with van der Waals surface area (Å²) in [6.45, 7) is 3.88. The van der Waals surface area contributed by atoms with Crippen LogP contribution in [0.1, 0.15) is 55.7 Å². The Morgan fingerprint density at radius 2 is 1.85 bits per heavy atom. The number of carbonyl (C=O) groups excluding carboxylic acids is 1. The molecule has 2 aliphatic rings. The van der Waals surface area contributed by atoms with Gasteiger partial charge in [0.2, 0.25) is 0 Å². The van der Waals surface area contributed by atoms with E-state index in [2.05, 4.69) is 46.1 Å². The zero-order valence-corrected chi connectivity index (χ0v) is 15.8. The number of aromatic nitrogens is 2. The number of amides is 1. The maximum atomic E-state index is 8.69. The predicted octanol–water partition coefficient (Wildman–Crippen LogP) is 4.08. The summed E-state index contributed by atoms with van der Waals surface area (Å²) >= 11 is 0. The topological polar surface area (TPSA) is 67.6 Å². The van der Waals surface area contributed by atoms with Crippen molar-refractivity contribution in [3.8, 4) is 5.69 Å². The largest absolute Gasteiger partial charge is 0.303 e. The fourth-order valence-corrected chi connectivity index (χ4v) is 4.26. The second kappa shape index (κ2) is 10.1. The molecule has 1 saturated heterocycles. The molecule has 144 valence electrons. The molecule has 2 aromatic rings. The molecule has 0 saturated carbocycles. The molecule has 1 aromatic heterocycles. The first-order valence-electron chi connectivity index (χ1n) is 9.94. The van der Waals surface area contributed by atoms with Gasteiger partial charge in [-0.15, -0.1) is 4.91 Å². The van der Waals surface area contributed by atoms with Gasteiger partial charge in [0.05, 0.1) is 11.9 Å². The van der Waals surface area contributed by atoms with E-state index in [1.807, 2.05) is 0 Å². The lowest BCUT2D eigenvalue weighted by Crippen LogP contribution is -2.31. The summed E-state index contributed by atoms with van der Waals surface area (Å²) in [7, 11) is 0. The van der Waals surface area contributed by atoms with Crippen LogP contribution in [0.25, 0.3) is 5.69 Å². The van der Waals surface area contributed by atoms with Crippen molar-refractivity contribution >= 4 is 6.41 Å². The summed E-state index contributed by atoms with van der Waals surface area (Å²) in [5.41, 5.74) is 4.16. The number of benzene rings is 1. The number of rotatable bonds is 5. The summed E-state index contributed by atoms with van der Waals surface area (Å²) in [5, 5.41) is 6.52. The first kappa shape index (κ1) is 19.4. The summed E-state index contributed by atoms with van der Waals surface area (Å²) in [6, 6.07) is 10.6. The molecule has 1 aliphatic carbocycles. The van der Waals surface area contributed by atoms with Crippen molar-refractivity contribution in [2.24, 2.45) is 5.18 Å². The van der Waals surface area contributed by atoms with Crippen LogP contribution in [0.3, 0.4) is 0 Å². The van der Waals surface area contributed by atoms with Gasteiger partial charge in [-0.3, -0.25) is 4.79 Å². The second-order valence-electron chi connectivity index (χ2n) is 7.28. The summed E-state index contributed by atoms with van der Waals surface area (Å²) in [4.78, 5) is 19.9. The standard InChI is InChI=1S/C20H27N3.CHNO2/c1-3-9-18(10-4-1)23-20-11-7-8-17(19(20)16-21-23)12-15-22-13-5-2-6-14-22;3-1-2-4/h1,3-4,9-10,16-17H,2,5-8,11-15H2;1H. The molecule has 0 bridgehead atoms. The highest BCUT2D eigenvalue weighted by Gasteiger charge is 2.25. The van der Waals surface area contributed by atoms with Crippen LogP contribution in [0.5, 0.6) is 0 Å². The monoisotopic (exact) mass is 368 g/mol. The molecule has 4 rings (SSSR count). The Bertz CT molecular complexity index is 717. The molecular weight excluding hydrogens is 340 g/mol. The molecule has 6 heteroatoms. The highest BCUT2D eigenvalue weighted by atomic mass is 16.3. The van der Waals surface area contributed by atoms with E-state index in [0.29, 0.717) is 5.92 Å². The molecule has 1 aromatic carbocycles. The number of nitroso groups, excluding NO2 is 1. The Morgan fingerprint density at radius 3 is 2.56 bits per heavy atom. The Morgan fingerprint density at radius 1 is 1.11 bits per heavy atom. The number of likely N-dealkylation sites (tertiary alicyclic amines) is 1. The Kier molecular flexibility index (Phi) is 7.27. The molecule has 1 unspecified atom stereocenters. The first-order valence-corrected chi connectivity index (χ1v) is 9.94. The smallest absolute Gasteiger partial charge is 0.274 e. The van der Waals surface area contributed by atoms with Crippen LogP contribution in [0.4, 0.5) is 0 Å². The van der Waals surface area contributed by atoms with Crippen LogP contribution in [-0.2, 0) is 11.2 Å². The van der Waals surface area contributed by atoms with Gasteiger partial charge in [0.15, 0.2) is 0 Å². The molecule has 1 fully saturated rings. The van der Waals surface area contributed by atoms with Crippen LogP contribution < -0.4 is 0 Å². The van der Waals surface area contributed by atoms with E-state index in [9.17, 15) is 0 Å². The molecule has 0 spiro atoms. The van der Waals surface area contributed by atoms with E-state index >= 15 is 0 Å². The quantitative estimate of drug-likeness (QED) is 0.589. The lowest BCUT2D eigenvalue weighted by molar-refractivity contribution is -0.106. The van der Waals surface area contributed by atoms with Crippen LogP contribution >= 0.6 is 0 Å². The van der Waals surface area contributed by atoms with E-state index in [4.69, 9.17) is 14.8 Å². The SMILES string of the molecule is O=CN=O.c1ccc(-n2ncc3c2CCCC3CCN2CCCCC2)cc1. The Hall–Kier alpha value is -2.34. The van der Waals surface area contributed by atoms with E-state index < -0.39 is 0 Å². The zero-order valence-electron chi connectivity index (χ0n) is 15.8. The number of carbonyl (C=O) groups is 1. The molecule has 1 atom stereocenters. The minimum atomic E-state index is -0.0556. The normalized spacial score (nSPS) is 19.5. The Balaban J connectivity index is 0.000000481. The number of hydrogen-bond donors (Lipinski definition) is 0. The minimum Gasteiger partial charge on any atom is -0.303 e. The van der Waals surface area contributed by atoms with E-state index in [1.165, 1.54) is 81.5 Å². The third kappa shape index (κ3) is 5.10. The molecule has 1 amide bonds. The van der Waals surface area contributed by atoms with Crippen molar-refractivity contribution in [2.45, 2.75) is 50.9 Å². The highest BCUT2D eigenvalue weighted by molar-refractivity contribution is 5.46. The zero-order chi connectivity index (χ0) is 18.9. The predicted molar refractivity (Wildman–Crippen MR) is 106 cm³/mol. The average molecular weight is 368 g/mol. The van der Waals surface area contributed by atoms with Crippen molar-refractivity contribution in [3.05, 3.63) is 52.7 Å².